The molecule has 78 valence electrons. The Bertz CT molecular complexity index is 180. The maximum atomic E-state index is 7.05. The van der Waals surface area contributed by atoms with Gasteiger partial charge in [-0.2, -0.15) is 0 Å². The molecule has 0 unspecified atom stereocenters. The highest BCUT2D eigenvalue weighted by Crippen LogP contribution is 1.88. The molecule has 0 saturated carbocycles. The van der Waals surface area contributed by atoms with Crippen molar-refractivity contribution in [3.8, 4) is 0 Å². The Hall–Kier alpha value is -0.970. The van der Waals surface area contributed by atoms with E-state index in [1.54, 1.807) is 7.05 Å². The van der Waals surface area contributed by atoms with Crippen molar-refractivity contribution in [3.05, 3.63) is 0 Å². The van der Waals surface area contributed by atoms with E-state index in [2.05, 4.69) is 11.9 Å². The largest absolute Gasteiger partial charge is 0.370 e. The summed E-state index contributed by atoms with van der Waals surface area (Å²) in [5.74, 6) is 0.212. The molecule has 0 aliphatic carbocycles. The predicted molar refractivity (Wildman–Crippen MR) is 58.3 cm³/mol. The Balaban J connectivity index is 0. The van der Waals surface area contributed by atoms with Crippen LogP contribution in [-0.4, -0.2) is 30.4 Å². The Morgan fingerprint density at radius 2 is 2.00 bits per heavy atom. The number of guanidine groups is 2. The lowest BCUT2D eigenvalue weighted by Gasteiger charge is -2.14. The molecule has 5 nitrogen and oxygen atoms in total. The molecule has 0 aromatic carbocycles. The number of hydrogen-bond acceptors (Lipinski definition) is 2. The summed E-state index contributed by atoms with van der Waals surface area (Å²) in [6.45, 7) is 2.78. The van der Waals surface area contributed by atoms with Crippen LogP contribution in [0.5, 0.6) is 0 Å². The molecule has 0 radical (unpaired) electrons. The average molecular weight is 208 g/mol. The third-order valence-electron chi connectivity index (χ3n) is 1.49. The Morgan fingerprint density at radius 1 is 1.46 bits per heavy atom. The number of halogens is 1. The molecule has 0 aliphatic rings. The van der Waals surface area contributed by atoms with Gasteiger partial charge in [-0.15, -0.1) is 12.4 Å². The van der Waals surface area contributed by atoms with E-state index in [-0.39, 0.29) is 18.4 Å². The zero-order chi connectivity index (χ0) is 9.56. The summed E-state index contributed by atoms with van der Waals surface area (Å²) in [6, 6.07) is 0. The molecule has 6 heteroatoms. The minimum atomic E-state index is -0.0900. The van der Waals surface area contributed by atoms with E-state index in [0.717, 1.165) is 12.8 Å². The monoisotopic (exact) mass is 207 g/mol. The molecule has 0 aromatic heterocycles. The molecule has 0 aromatic rings. The van der Waals surface area contributed by atoms with E-state index >= 15 is 0 Å². The fraction of sp³-hybridized carbons (Fsp3) is 0.714. The van der Waals surface area contributed by atoms with Crippen LogP contribution in [0, 0.1) is 5.41 Å². The zero-order valence-corrected chi connectivity index (χ0v) is 8.90. The summed E-state index contributed by atoms with van der Waals surface area (Å²) in [4.78, 5) is 5.38. The fourth-order valence-electron chi connectivity index (χ4n) is 0.581. The predicted octanol–water partition coefficient (Wildman–Crippen LogP) is 0.348. The number of hydrogen-bond donors (Lipinski definition) is 3. The van der Waals surface area contributed by atoms with Crippen molar-refractivity contribution in [2.24, 2.45) is 16.5 Å². The number of nitrogens with zero attached hydrogens (tertiary/aromatic N) is 2. The number of rotatable bonds is 3. The minimum Gasteiger partial charge on any atom is -0.370 e. The topological polar surface area (TPSA) is 91.5 Å². The first kappa shape index (κ1) is 14.5. The second-order valence-corrected chi connectivity index (χ2v) is 2.54. The number of aliphatic imine (C=N–C) groups is 1. The molecule has 0 spiro atoms. The summed E-state index contributed by atoms with van der Waals surface area (Å²) in [5.41, 5.74) is 10.7. The van der Waals surface area contributed by atoms with Gasteiger partial charge in [0, 0.05) is 13.6 Å². The summed E-state index contributed by atoms with van der Waals surface area (Å²) >= 11 is 0. The van der Waals surface area contributed by atoms with Crippen molar-refractivity contribution in [2.45, 2.75) is 19.8 Å². The third kappa shape index (κ3) is 6.21. The molecule has 0 rings (SSSR count). The highest BCUT2D eigenvalue weighted by atomic mass is 35.5. The van der Waals surface area contributed by atoms with E-state index in [9.17, 15) is 0 Å². The lowest BCUT2D eigenvalue weighted by Crippen LogP contribution is -2.42. The first-order valence-electron chi connectivity index (χ1n) is 3.97. The van der Waals surface area contributed by atoms with Gasteiger partial charge in [0.05, 0.1) is 0 Å². The minimum absolute atomic E-state index is 0. The van der Waals surface area contributed by atoms with Crippen molar-refractivity contribution < 1.29 is 0 Å². The van der Waals surface area contributed by atoms with Crippen LogP contribution in [0.1, 0.15) is 19.8 Å². The third-order valence-corrected chi connectivity index (χ3v) is 1.49. The fourth-order valence-corrected chi connectivity index (χ4v) is 0.581. The van der Waals surface area contributed by atoms with Crippen LogP contribution in [0.15, 0.2) is 4.99 Å². The molecule has 0 amide bonds. The highest BCUT2D eigenvalue weighted by Gasteiger charge is 2.02. The van der Waals surface area contributed by atoms with Crippen LogP contribution in [0.3, 0.4) is 0 Å². The number of nitrogens with two attached hydrogens (primary N) is 2. The van der Waals surface area contributed by atoms with Crippen LogP contribution in [0.25, 0.3) is 0 Å². The second-order valence-electron chi connectivity index (χ2n) is 2.54. The molecule has 0 fully saturated rings. The Morgan fingerprint density at radius 3 is 2.38 bits per heavy atom. The molecule has 13 heavy (non-hydrogen) atoms. The first-order chi connectivity index (χ1) is 5.59. The van der Waals surface area contributed by atoms with Crippen molar-refractivity contribution in [1.82, 2.24) is 4.90 Å². The van der Waals surface area contributed by atoms with Gasteiger partial charge in [0.2, 0.25) is 0 Å². The van der Waals surface area contributed by atoms with Gasteiger partial charge in [-0.1, -0.05) is 13.3 Å². The lowest BCUT2D eigenvalue weighted by atomic mass is 10.3. The second kappa shape index (κ2) is 7.67. The van der Waals surface area contributed by atoms with E-state index in [1.165, 1.54) is 4.90 Å². The molecule has 0 aliphatic heterocycles. The summed E-state index contributed by atoms with van der Waals surface area (Å²) in [6.07, 6.45) is 2.09. The van der Waals surface area contributed by atoms with Gasteiger partial charge in [-0.25, -0.2) is 0 Å². The maximum absolute atomic E-state index is 7.05. The maximum Gasteiger partial charge on any atom is 0.197 e. The van der Waals surface area contributed by atoms with Gasteiger partial charge in [0.15, 0.2) is 11.9 Å². The van der Waals surface area contributed by atoms with Crippen molar-refractivity contribution in [2.75, 3.05) is 13.6 Å². The molecule has 0 atom stereocenters. The van der Waals surface area contributed by atoms with Crippen LogP contribution < -0.4 is 11.5 Å². The summed E-state index contributed by atoms with van der Waals surface area (Å²) < 4.78 is 0. The first-order valence-corrected chi connectivity index (χ1v) is 3.97. The van der Waals surface area contributed by atoms with Gasteiger partial charge < -0.3 is 11.5 Å². The Kier molecular flexibility index (Phi) is 8.58. The van der Waals surface area contributed by atoms with Crippen LogP contribution in [0.4, 0.5) is 0 Å². The SMILES string of the molecule is CCCCN=C(N)N(C)C(=N)N.Cl. The van der Waals surface area contributed by atoms with Gasteiger partial charge in [0.25, 0.3) is 0 Å². The quantitative estimate of drug-likeness (QED) is 0.354. The average Bonchev–Trinajstić information content (AvgIpc) is 2.03. The Labute approximate surface area is 85.1 Å². The molecule has 0 heterocycles. The number of unbranched alkanes of at least 4 members (excludes halogenated alkanes) is 1. The normalized spacial score (nSPS) is 10.5. The van der Waals surface area contributed by atoms with Crippen molar-refractivity contribution >= 4 is 24.3 Å². The molecule has 0 saturated heterocycles. The van der Waals surface area contributed by atoms with Crippen LogP contribution in [-0.2, 0) is 0 Å². The van der Waals surface area contributed by atoms with Crippen LogP contribution >= 0.6 is 12.4 Å². The van der Waals surface area contributed by atoms with Crippen molar-refractivity contribution in [1.29, 1.82) is 5.41 Å². The van der Waals surface area contributed by atoms with Gasteiger partial charge in [-0.05, 0) is 6.42 Å². The van der Waals surface area contributed by atoms with E-state index in [1.807, 2.05) is 0 Å². The van der Waals surface area contributed by atoms with Gasteiger partial charge in [0.1, 0.15) is 0 Å². The molecule has 5 N–H and O–H groups in total. The smallest absolute Gasteiger partial charge is 0.197 e. The highest BCUT2D eigenvalue weighted by molar-refractivity contribution is 5.95. The van der Waals surface area contributed by atoms with E-state index in [4.69, 9.17) is 16.9 Å². The standard InChI is InChI=1S/C7H17N5.ClH/c1-3-4-5-11-7(10)12(2)6(8)9;/h3-5H2,1-2H3,(H3,8,9)(H2,10,11);1H. The van der Waals surface area contributed by atoms with Gasteiger partial charge in [-0.3, -0.25) is 15.3 Å². The molecule has 0 bridgehead atoms. The van der Waals surface area contributed by atoms with Crippen molar-refractivity contribution in [3.63, 3.8) is 0 Å². The van der Waals surface area contributed by atoms with Gasteiger partial charge >= 0.3 is 0 Å². The van der Waals surface area contributed by atoms with Crippen LogP contribution in [0.2, 0.25) is 0 Å². The number of nitrogens with one attached hydrogen (secondary N) is 1. The lowest BCUT2D eigenvalue weighted by molar-refractivity contribution is 0.705. The van der Waals surface area contributed by atoms with E-state index in [0.29, 0.717) is 12.5 Å². The zero-order valence-electron chi connectivity index (χ0n) is 8.08. The summed E-state index contributed by atoms with van der Waals surface area (Å²) in [7, 11) is 1.62. The molecular weight excluding hydrogens is 190 g/mol. The molecular formula is C7H18ClN5. The summed E-state index contributed by atoms with van der Waals surface area (Å²) in [5, 5.41) is 7.05. The van der Waals surface area contributed by atoms with E-state index < -0.39 is 0 Å².